The summed E-state index contributed by atoms with van der Waals surface area (Å²) in [6.07, 6.45) is 0. The molecule has 0 aromatic heterocycles. The highest BCUT2D eigenvalue weighted by Gasteiger charge is 2.36. The van der Waals surface area contributed by atoms with Gasteiger partial charge in [-0.05, 0) is 26.0 Å². The second kappa shape index (κ2) is 4.43. The zero-order valence-corrected chi connectivity index (χ0v) is 10.5. The predicted molar refractivity (Wildman–Crippen MR) is 63.3 cm³/mol. The molecule has 0 aliphatic carbocycles. The Bertz CT molecular complexity index is 466. The van der Waals surface area contributed by atoms with E-state index in [0.29, 0.717) is 5.75 Å². The smallest absolute Gasteiger partial charge is 0.188 e. The van der Waals surface area contributed by atoms with E-state index >= 15 is 0 Å². The van der Waals surface area contributed by atoms with Crippen molar-refractivity contribution in [3.05, 3.63) is 24.3 Å². The Morgan fingerprint density at radius 1 is 1.31 bits per heavy atom. The highest BCUT2D eigenvalue weighted by atomic mass is 32.2. The van der Waals surface area contributed by atoms with Gasteiger partial charge in [-0.25, -0.2) is 8.42 Å². The molecule has 0 unspecified atom stereocenters. The fraction of sp³-hybridized carbons (Fsp3) is 0.455. The maximum Gasteiger partial charge on any atom is 0.188 e. The first-order valence-electron chi connectivity index (χ1n) is 4.94. The van der Waals surface area contributed by atoms with E-state index in [1.807, 2.05) is 0 Å². The summed E-state index contributed by atoms with van der Waals surface area (Å²) in [5.74, 6) is 0.351. The van der Waals surface area contributed by atoms with Gasteiger partial charge < -0.3 is 10.5 Å². The van der Waals surface area contributed by atoms with Crippen molar-refractivity contribution < 1.29 is 13.2 Å². The van der Waals surface area contributed by atoms with Crippen LogP contribution >= 0.6 is 0 Å². The SMILES string of the molecule is COc1ccccc1S(=O)(=O)C(C)(C)CN. The molecule has 4 nitrogen and oxygen atoms in total. The zero-order valence-electron chi connectivity index (χ0n) is 9.73. The normalized spacial score (nSPS) is 12.5. The van der Waals surface area contributed by atoms with Crippen LogP contribution in [0.5, 0.6) is 5.75 Å². The van der Waals surface area contributed by atoms with Crippen LogP contribution in [0.15, 0.2) is 29.2 Å². The average Bonchev–Trinajstić information content (AvgIpc) is 2.28. The van der Waals surface area contributed by atoms with E-state index in [-0.39, 0.29) is 11.4 Å². The molecule has 1 rings (SSSR count). The summed E-state index contributed by atoms with van der Waals surface area (Å²) < 4.78 is 28.7. The number of benzene rings is 1. The Labute approximate surface area is 96.3 Å². The van der Waals surface area contributed by atoms with Crippen LogP contribution in [-0.2, 0) is 9.84 Å². The van der Waals surface area contributed by atoms with Crippen molar-refractivity contribution in [2.75, 3.05) is 13.7 Å². The van der Waals surface area contributed by atoms with Gasteiger partial charge in [0.05, 0.1) is 11.9 Å². The standard InChI is InChI=1S/C11H17NO3S/c1-11(2,8-12)16(13,14)10-7-5-4-6-9(10)15-3/h4-7H,8,12H2,1-3H3. The Morgan fingerprint density at radius 2 is 1.88 bits per heavy atom. The summed E-state index contributed by atoms with van der Waals surface area (Å²) in [5.41, 5.74) is 5.50. The first kappa shape index (κ1) is 13.0. The minimum Gasteiger partial charge on any atom is -0.495 e. The lowest BCUT2D eigenvalue weighted by Gasteiger charge is -2.23. The molecule has 1 aromatic carbocycles. The lowest BCUT2D eigenvalue weighted by Crippen LogP contribution is -2.39. The molecule has 0 fully saturated rings. The maximum absolute atomic E-state index is 12.3. The summed E-state index contributed by atoms with van der Waals surface area (Å²) in [7, 11) is -2.03. The van der Waals surface area contributed by atoms with Crippen molar-refractivity contribution in [3.63, 3.8) is 0 Å². The molecule has 0 aliphatic heterocycles. The molecule has 0 aliphatic rings. The predicted octanol–water partition coefficient (Wildman–Crippen LogP) is 1.21. The third kappa shape index (κ3) is 2.05. The van der Waals surface area contributed by atoms with E-state index in [0.717, 1.165) is 0 Å². The van der Waals surface area contributed by atoms with Gasteiger partial charge in [-0.1, -0.05) is 12.1 Å². The Morgan fingerprint density at radius 3 is 2.38 bits per heavy atom. The van der Waals surface area contributed by atoms with E-state index in [1.165, 1.54) is 13.2 Å². The number of ether oxygens (including phenoxy) is 1. The number of rotatable bonds is 4. The van der Waals surface area contributed by atoms with E-state index in [1.54, 1.807) is 32.0 Å². The van der Waals surface area contributed by atoms with E-state index in [2.05, 4.69) is 0 Å². The van der Waals surface area contributed by atoms with Gasteiger partial charge >= 0.3 is 0 Å². The van der Waals surface area contributed by atoms with Gasteiger partial charge in [-0.2, -0.15) is 0 Å². The number of methoxy groups -OCH3 is 1. The van der Waals surface area contributed by atoms with E-state index in [4.69, 9.17) is 10.5 Å². The Hall–Kier alpha value is -1.07. The van der Waals surface area contributed by atoms with Gasteiger partial charge in [-0.15, -0.1) is 0 Å². The first-order valence-corrected chi connectivity index (χ1v) is 6.43. The topological polar surface area (TPSA) is 69.4 Å². The van der Waals surface area contributed by atoms with E-state index in [9.17, 15) is 8.42 Å². The van der Waals surface area contributed by atoms with Gasteiger partial charge in [-0.3, -0.25) is 0 Å². The van der Waals surface area contributed by atoms with Crippen LogP contribution in [0.3, 0.4) is 0 Å². The van der Waals surface area contributed by atoms with Crippen molar-refractivity contribution in [1.29, 1.82) is 0 Å². The molecule has 0 spiro atoms. The molecular formula is C11H17NO3S. The van der Waals surface area contributed by atoms with Crippen LogP contribution in [0.25, 0.3) is 0 Å². The Kier molecular flexibility index (Phi) is 3.60. The van der Waals surface area contributed by atoms with Crippen LogP contribution in [0.2, 0.25) is 0 Å². The first-order chi connectivity index (χ1) is 7.36. The number of hydrogen-bond donors (Lipinski definition) is 1. The third-order valence-electron chi connectivity index (χ3n) is 2.58. The largest absolute Gasteiger partial charge is 0.495 e. The van der Waals surface area contributed by atoms with Gasteiger partial charge in [0.25, 0.3) is 0 Å². The minimum atomic E-state index is -3.48. The van der Waals surface area contributed by atoms with Crippen molar-refractivity contribution in [1.82, 2.24) is 0 Å². The average molecular weight is 243 g/mol. The summed E-state index contributed by atoms with van der Waals surface area (Å²) in [6, 6.07) is 6.56. The molecule has 0 saturated carbocycles. The van der Waals surface area contributed by atoms with Crippen LogP contribution < -0.4 is 10.5 Å². The number of sulfone groups is 1. The van der Waals surface area contributed by atoms with Gasteiger partial charge in [0, 0.05) is 6.54 Å². The molecule has 0 atom stereocenters. The van der Waals surface area contributed by atoms with Gasteiger partial charge in [0.1, 0.15) is 10.6 Å². The van der Waals surface area contributed by atoms with Gasteiger partial charge in [0.15, 0.2) is 9.84 Å². The zero-order chi connectivity index (χ0) is 12.4. The van der Waals surface area contributed by atoms with E-state index < -0.39 is 14.6 Å². The molecule has 0 amide bonds. The molecule has 90 valence electrons. The van der Waals surface area contributed by atoms with Crippen molar-refractivity contribution >= 4 is 9.84 Å². The van der Waals surface area contributed by atoms with Crippen molar-refractivity contribution in [2.45, 2.75) is 23.5 Å². The Balaban J connectivity index is 3.39. The molecule has 5 heteroatoms. The summed E-state index contributed by atoms with van der Waals surface area (Å²) in [5, 5.41) is 0. The number of para-hydroxylation sites is 1. The highest BCUT2D eigenvalue weighted by Crippen LogP contribution is 2.31. The van der Waals surface area contributed by atoms with Crippen LogP contribution in [0, 0.1) is 0 Å². The molecule has 0 radical (unpaired) electrons. The summed E-state index contributed by atoms with van der Waals surface area (Å²) in [4.78, 5) is 0.188. The third-order valence-corrected chi connectivity index (χ3v) is 5.12. The van der Waals surface area contributed by atoms with Crippen LogP contribution in [0.4, 0.5) is 0 Å². The molecule has 0 bridgehead atoms. The van der Waals surface area contributed by atoms with Crippen molar-refractivity contribution in [3.8, 4) is 5.75 Å². The second-order valence-corrected chi connectivity index (χ2v) is 6.67. The minimum absolute atomic E-state index is 0.0629. The van der Waals surface area contributed by atoms with Gasteiger partial charge in [0.2, 0.25) is 0 Å². The number of hydrogen-bond acceptors (Lipinski definition) is 4. The fourth-order valence-corrected chi connectivity index (χ4v) is 2.74. The molecule has 1 aromatic rings. The monoisotopic (exact) mass is 243 g/mol. The quantitative estimate of drug-likeness (QED) is 0.863. The van der Waals surface area contributed by atoms with Crippen molar-refractivity contribution in [2.24, 2.45) is 5.73 Å². The summed E-state index contributed by atoms with van der Waals surface area (Å²) >= 11 is 0. The molecule has 16 heavy (non-hydrogen) atoms. The highest BCUT2D eigenvalue weighted by molar-refractivity contribution is 7.93. The molecule has 2 N–H and O–H groups in total. The lowest BCUT2D eigenvalue weighted by molar-refractivity contribution is 0.401. The maximum atomic E-state index is 12.3. The van der Waals surface area contributed by atoms with Crippen LogP contribution in [-0.4, -0.2) is 26.8 Å². The molecular weight excluding hydrogens is 226 g/mol. The fourth-order valence-electron chi connectivity index (χ4n) is 1.25. The van der Waals surface area contributed by atoms with Crippen LogP contribution in [0.1, 0.15) is 13.8 Å². The summed E-state index contributed by atoms with van der Waals surface area (Å²) in [6.45, 7) is 3.27. The second-order valence-electron chi connectivity index (χ2n) is 4.12. The molecule has 0 saturated heterocycles. The lowest BCUT2D eigenvalue weighted by atomic mass is 10.2. The molecule has 0 heterocycles. The number of nitrogens with two attached hydrogens (primary N) is 1.